The van der Waals surface area contributed by atoms with Crippen LogP contribution in [-0.4, -0.2) is 24.2 Å². The maximum Gasteiger partial charge on any atom is 0.109 e. The molecule has 2 saturated carbocycles. The average Bonchev–Trinajstić information content (AvgIpc) is 3.19. The molecule has 0 saturated heterocycles. The first-order valence-corrected chi connectivity index (χ1v) is 8.18. The predicted molar refractivity (Wildman–Crippen MR) is 86.3 cm³/mol. The highest BCUT2D eigenvalue weighted by Gasteiger charge is 2.44. The van der Waals surface area contributed by atoms with Gasteiger partial charge < -0.3 is 4.90 Å². The smallest absolute Gasteiger partial charge is 0.109 e. The summed E-state index contributed by atoms with van der Waals surface area (Å²) in [6.45, 7) is 5.35. The second kappa shape index (κ2) is 5.69. The predicted octanol–water partition coefficient (Wildman–Crippen LogP) is 3.39. The minimum absolute atomic E-state index is 0.289. The Morgan fingerprint density at radius 3 is 2.81 bits per heavy atom. The average molecular weight is 283 g/mol. The van der Waals surface area contributed by atoms with Gasteiger partial charge in [0.2, 0.25) is 0 Å². The van der Waals surface area contributed by atoms with Crippen molar-refractivity contribution in [2.75, 3.05) is 11.4 Å². The van der Waals surface area contributed by atoms with E-state index in [2.05, 4.69) is 54.4 Å². The fraction of sp³-hybridized carbons (Fsp3) is 0.611. The molecule has 0 amide bonds. The highest BCUT2D eigenvalue weighted by molar-refractivity contribution is 5.50. The van der Waals surface area contributed by atoms with Crippen molar-refractivity contribution in [2.45, 2.75) is 63.6 Å². The molecule has 0 bridgehead atoms. The van der Waals surface area contributed by atoms with Gasteiger partial charge in [-0.25, -0.2) is 0 Å². The van der Waals surface area contributed by atoms with Crippen molar-refractivity contribution >= 4 is 5.69 Å². The van der Waals surface area contributed by atoms with E-state index in [-0.39, 0.29) is 5.54 Å². The highest BCUT2D eigenvalue weighted by Crippen LogP contribution is 2.37. The van der Waals surface area contributed by atoms with Crippen molar-refractivity contribution in [2.24, 2.45) is 0 Å². The van der Waals surface area contributed by atoms with E-state index in [9.17, 15) is 5.26 Å². The summed E-state index contributed by atoms with van der Waals surface area (Å²) in [6.07, 6.45) is 5.51. The third-order valence-electron chi connectivity index (χ3n) is 4.87. The number of hydrogen-bond donors (Lipinski definition) is 1. The molecule has 21 heavy (non-hydrogen) atoms. The van der Waals surface area contributed by atoms with Crippen LogP contribution in [0.3, 0.4) is 0 Å². The Labute approximate surface area is 128 Å². The molecule has 3 rings (SSSR count). The van der Waals surface area contributed by atoms with Gasteiger partial charge in [-0.1, -0.05) is 12.1 Å². The van der Waals surface area contributed by atoms with E-state index in [1.165, 1.54) is 24.1 Å². The largest absolute Gasteiger partial charge is 0.369 e. The zero-order chi connectivity index (χ0) is 14.9. The Bertz CT molecular complexity index is 544. The fourth-order valence-corrected chi connectivity index (χ4v) is 3.63. The Morgan fingerprint density at radius 1 is 1.38 bits per heavy atom. The van der Waals surface area contributed by atoms with E-state index in [1.807, 2.05) is 0 Å². The molecule has 3 heteroatoms. The minimum atomic E-state index is -0.289. The molecular formula is C18H25N3. The molecule has 2 unspecified atom stereocenters. The molecule has 0 aromatic heterocycles. The molecule has 2 atom stereocenters. The standard InChI is InChI=1S/C18H25N3/c1-3-21(16-6-4-5-14(2)11-16)17-9-10-18(12-17,13-19)20-15-7-8-15/h4-6,11,15,17,20H,3,7-10,12H2,1-2H3. The number of anilines is 1. The van der Waals surface area contributed by atoms with Crippen LogP contribution in [-0.2, 0) is 0 Å². The van der Waals surface area contributed by atoms with Crippen LogP contribution in [0.4, 0.5) is 5.69 Å². The third-order valence-corrected chi connectivity index (χ3v) is 4.87. The summed E-state index contributed by atoms with van der Waals surface area (Å²) in [6, 6.07) is 12.4. The molecule has 2 aliphatic rings. The second-order valence-electron chi connectivity index (χ2n) is 6.63. The summed E-state index contributed by atoms with van der Waals surface area (Å²) in [7, 11) is 0. The zero-order valence-corrected chi connectivity index (χ0v) is 13.1. The number of rotatable bonds is 5. The first kappa shape index (κ1) is 14.4. The maximum absolute atomic E-state index is 9.65. The van der Waals surface area contributed by atoms with Crippen LogP contribution in [0.15, 0.2) is 24.3 Å². The normalized spacial score (nSPS) is 28.3. The molecule has 1 N–H and O–H groups in total. The number of benzene rings is 1. The Balaban J connectivity index is 1.75. The lowest BCUT2D eigenvalue weighted by Gasteiger charge is -2.31. The lowest BCUT2D eigenvalue weighted by molar-refractivity contribution is 0.411. The topological polar surface area (TPSA) is 39.1 Å². The summed E-state index contributed by atoms with van der Waals surface area (Å²) >= 11 is 0. The quantitative estimate of drug-likeness (QED) is 0.900. The number of nitriles is 1. The van der Waals surface area contributed by atoms with Gasteiger partial charge in [0.25, 0.3) is 0 Å². The van der Waals surface area contributed by atoms with Gasteiger partial charge in [0.05, 0.1) is 6.07 Å². The van der Waals surface area contributed by atoms with Crippen LogP contribution in [0.2, 0.25) is 0 Å². The summed E-state index contributed by atoms with van der Waals surface area (Å²) < 4.78 is 0. The minimum Gasteiger partial charge on any atom is -0.369 e. The SMILES string of the molecule is CCN(c1cccc(C)c1)C1CCC(C#N)(NC2CC2)C1. The number of nitrogens with zero attached hydrogens (tertiary/aromatic N) is 2. The second-order valence-corrected chi connectivity index (χ2v) is 6.63. The monoisotopic (exact) mass is 283 g/mol. The molecular weight excluding hydrogens is 258 g/mol. The summed E-state index contributed by atoms with van der Waals surface area (Å²) in [5.74, 6) is 0. The zero-order valence-electron chi connectivity index (χ0n) is 13.1. The Morgan fingerprint density at radius 2 is 2.19 bits per heavy atom. The van der Waals surface area contributed by atoms with E-state index >= 15 is 0 Å². The van der Waals surface area contributed by atoms with Gasteiger partial charge >= 0.3 is 0 Å². The van der Waals surface area contributed by atoms with Crippen LogP contribution < -0.4 is 10.2 Å². The Kier molecular flexibility index (Phi) is 3.91. The van der Waals surface area contributed by atoms with Crippen molar-refractivity contribution in [3.05, 3.63) is 29.8 Å². The number of hydrogen-bond acceptors (Lipinski definition) is 3. The fourth-order valence-electron chi connectivity index (χ4n) is 3.63. The van der Waals surface area contributed by atoms with E-state index < -0.39 is 0 Å². The van der Waals surface area contributed by atoms with Crippen LogP contribution in [0, 0.1) is 18.3 Å². The first-order chi connectivity index (χ1) is 10.2. The van der Waals surface area contributed by atoms with Gasteiger partial charge in [-0.05, 0) is 63.6 Å². The molecule has 2 aliphatic carbocycles. The molecule has 2 fully saturated rings. The van der Waals surface area contributed by atoms with Crippen LogP contribution in [0.1, 0.15) is 44.6 Å². The van der Waals surface area contributed by atoms with Crippen molar-refractivity contribution in [1.29, 1.82) is 5.26 Å². The molecule has 3 nitrogen and oxygen atoms in total. The van der Waals surface area contributed by atoms with Crippen LogP contribution in [0.5, 0.6) is 0 Å². The van der Waals surface area contributed by atoms with E-state index in [4.69, 9.17) is 0 Å². The van der Waals surface area contributed by atoms with Crippen molar-refractivity contribution in [3.63, 3.8) is 0 Å². The van der Waals surface area contributed by atoms with Crippen molar-refractivity contribution in [3.8, 4) is 6.07 Å². The molecule has 0 spiro atoms. The highest BCUT2D eigenvalue weighted by atomic mass is 15.2. The van der Waals surface area contributed by atoms with Crippen LogP contribution >= 0.6 is 0 Å². The Hall–Kier alpha value is -1.53. The van der Waals surface area contributed by atoms with Gasteiger partial charge in [-0.3, -0.25) is 5.32 Å². The first-order valence-electron chi connectivity index (χ1n) is 8.18. The van der Waals surface area contributed by atoms with Gasteiger partial charge in [-0.15, -0.1) is 0 Å². The van der Waals surface area contributed by atoms with Crippen molar-refractivity contribution < 1.29 is 0 Å². The molecule has 1 aromatic rings. The van der Waals surface area contributed by atoms with Crippen molar-refractivity contribution in [1.82, 2.24) is 5.32 Å². The lowest BCUT2D eigenvalue weighted by Crippen LogP contribution is -2.45. The molecule has 0 heterocycles. The lowest BCUT2D eigenvalue weighted by atomic mass is 9.99. The number of nitrogens with one attached hydrogen (secondary N) is 1. The van der Waals surface area contributed by atoms with Gasteiger partial charge in [-0.2, -0.15) is 5.26 Å². The van der Waals surface area contributed by atoms with E-state index in [1.54, 1.807) is 0 Å². The molecule has 0 radical (unpaired) electrons. The van der Waals surface area contributed by atoms with E-state index in [0.717, 1.165) is 25.8 Å². The molecule has 112 valence electrons. The number of aryl methyl sites for hydroxylation is 1. The third kappa shape index (κ3) is 3.06. The van der Waals surface area contributed by atoms with Gasteiger partial charge in [0.1, 0.15) is 5.54 Å². The van der Waals surface area contributed by atoms with Gasteiger partial charge in [0.15, 0.2) is 0 Å². The summed E-state index contributed by atoms with van der Waals surface area (Å²) in [5.41, 5.74) is 2.30. The van der Waals surface area contributed by atoms with E-state index in [0.29, 0.717) is 12.1 Å². The molecule has 1 aromatic carbocycles. The van der Waals surface area contributed by atoms with Crippen LogP contribution in [0.25, 0.3) is 0 Å². The van der Waals surface area contributed by atoms with Gasteiger partial charge in [0, 0.05) is 24.3 Å². The summed E-state index contributed by atoms with van der Waals surface area (Å²) in [5, 5.41) is 13.2. The molecule has 0 aliphatic heterocycles. The summed E-state index contributed by atoms with van der Waals surface area (Å²) in [4.78, 5) is 2.47. The maximum atomic E-state index is 9.65.